The lowest BCUT2D eigenvalue weighted by Gasteiger charge is -2.26. The summed E-state index contributed by atoms with van der Waals surface area (Å²) < 4.78 is 51.9. The molecule has 1 unspecified atom stereocenters. The van der Waals surface area contributed by atoms with Gasteiger partial charge in [0.2, 0.25) is 4.91 Å². The standard InChI is InChI=1S/C22H28FN6O8P/c1-13(2)35-20(31)14(3)11-38(33,37-15-7-5-4-6-8-15)34-12-22(27-28-25)18(23)17(30)19(36-22)29-10-9-16(24)26-21(29)32/h4-10,13-14,17-19,25,30H,11-12H2,1-3H3,(H-,24,26,32)/p+1/t14-,17-,18+,19-,22-,38?/m1/s1. The summed E-state index contributed by atoms with van der Waals surface area (Å²) in [5, 5.41) is 14.0. The van der Waals surface area contributed by atoms with E-state index in [-0.39, 0.29) is 11.6 Å². The first-order valence-corrected chi connectivity index (χ1v) is 13.2. The molecule has 0 spiro atoms. The molecule has 1 aliphatic heterocycles. The lowest BCUT2D eigenvalue weighted by atomic mass is 10.1. The molecule has 0 radical (unpaired) electrons. The predicted molar refractivity (Wildman–Crippen MR) is 130 cm³/mol. The first-order chi connectivity index (χ1) is 17.9. The van der Waals surface area contributed by atoms with E-state index in [0.717, 1.165) is 10.8 Å². The molecule has 1 aliphatic rings. The Balaban J connectivity index is 1.90. The number of nitrogens with two attached hydrogens (primary N) is 1. The van der Waals surface area contributed by atoms with Crippen molar-refractivity contribution in [3.63, 3.8) is 0 Å². The number of aromatic nitrogens is 2. The SMILES string of the molecule is CC(C)OC(=O)[C@H](C)CP(=O)(OC[C@@]1(N=[N+]=N)O[C@@H](n2ccc(N)nc2=O)[C@H](O)[C@@H]1F)Oc1ccccc1. The van der Waals surface area contributed by atoms with Gasteiger partial charge in [0.25, 0.3) is 0 Å². The molecule has 1 fully saturated rings. The summed E-state index contributed by atoms with van der Waals surface area (Å²) in [4.78, 5) is 31.0. The van der Waals surface area contributed by atoms with Crippen molar-refractivity contribution in [1.82, 2.24) is 14.5 Å². The van der Waals surface area contributed by atoms with E-state index in [1.807, 2.05) is 0 Å². The minimum absolute atomic E-state index is 0.111. The van der Waals surface area contributed by atoms with E-state index in [2.05, 4.69) is 15.0 Å². The zero-order valence-corrected chi connectivity index (χ0v) is 21.7. The largest absolute Gasteiger partial charge is 0.463 e. The fraction of sp³-hybridized carbons (Fsp3) is 0.500. The second-order valence-electron chi connectivity index (χ2n) is 8.85. The number of hydrogen-bond donors (Lipinski definition) is 3. The maximum absolute atomic E-state index is 15.4. The molecule has 0 bridgehead atoms. The second-order valence-corrected chi connectivity index (χ2v) is 10.9. The van der Waals surface area contributed by atoms with Crippen LogP contribution in [0.4, 0.5) is 10.2 Å². The zero-order valence-electron chi connectivity index (χ0n) is 20.8. The van der Waals surface area contributed by atoms with Crippen LogP contribution in [0.15, 0.2) is 52.5 Å². The number of aliphatic hydroxyl groups is 1. The monoisotopic (exact) mass is 555 g/mol. The summed E-state index contributed by atoms with van der Waals surface area (Å²) in [5.74, 6) is -1.59. The first-order valence-electron chi connectivity index (χ1n) is 11.5. The Kier molecular flexibility index (Phi) is 9.13. The Morgan fingerprint density at radius 1 is 1.37 bits per heavy atom. The maximum Gasteiger partial charge on any atom is 0.380 e. The van der Waals surface area contributed by atoms with Gasteiger partial charge in [-0.15, -0.1) is 0 Å². The average molecular weight is 555 g/mol. The first kappa shape index (κ1) is 29.1. The number of nitrogens with one attached hydrogen (secondary N) is 1. The highest BCUT2D eigenvalue weighted by Gasteiger charge is 2.62. The molecule has 3 rings (SSSR count). The van der Waals surface area contributed by atoms with Gasteiger partial charge in [0, 0.05) is 6.20 Å². The van der Waals surface area contributed by atoms with Crippen molar-refractivity contribution in [2.45, 2.75) is 51.1 Å². The van der Waals surface area contributed by atoms with Gasteiger partial charge in [-0.3, -0.25) is 13.9 Å². The van der Waals surface area contributed by atoms with E-state index in [4.69, 9.17) is 29.8 Å². The number of alkyl halides is 1. The lowest BCUT2D eigenvalue weighted by molar-refractivity contribution is -0.151. The van der Waals surface area contributed by atoms with Crippen LogP contribution in [0.3, 0.4) is 0 Å². The van der Waals surface area contributed by atoms with Crippen molar-refractivity contribution >= 4 is 19.4 Å². The molecule has 0 saturated carbocycles. The Labute approximate surface area is 216 Å². The number of nitrogen functional groups attached to an aromatic ring is 1. The highest BCUT2D eigenvalue weighted by Crippen LogP contribution is 2.52. The van der Waals surface area contributed by atoms with Crippen LogP contribution in [0.5, 0.6) is 5.75 Å². The molecule has 206 valence electrons. The second kappa shape index (κ2) is 11.9. The Morgan fingerprint density at radius 3 is 2.66 bits per heavy atom. The van der Waals surface area contributed by atoms with Gasteiger partial charge < -0.3 is 24.8 Å². The van der Waals surface area contributed by atoms with Crippen LogP contribution in [-0.4, -0.2) is 57.5 Å². The highest BCUT2D eigenvalue weighted by atomic mass is 31.2. The summed E-state index contributed by atoms with van der Waals surface area (Å²) in [6.45, 7) is 3.80. The molecule has 0 amide bonds. The van der Waals surface area contributed by atoms with Crippen LogP contribution < -0.4 is 20.9 Å². The number of esters is 1. The number of halogens is 1. The topological polar surface area (TPSA) is 203 Å². The summed E-state index contributed by atoms with van der Waals surface area (Å²) in [6, 6.07) is 9.15. The number of aliphatic hydroxyl groups excluding tert-OH is 1. The Bertz CT molecular complexity index is 1290. The highest BCUT2D eigenvalue weighted by molar-refractivity contribution is 7.54. The van der Waals surface area contributed by atoms with Crippen LogP contribution in [0.2, 0.25) is 0 Å². The van der Waals surface area contributed by atoms with Gasteiger partial charge in [-0.05, 0) is 32.0 Å². The van der Waals surface area contributed by atoms with Gasteiger partial charge in [0.05, 0.1) is 18.2 Å². The third-order valence-corrected chi connectivity index (χ3v) is 7.41. The molecule has 14 nitrogen and oxygen atoms in total. The quantitative estimate of drug-likeness (QED) is 0.160. The summed E-state index contributed by atoms with van der Waals surface area (Å²) >= 11 is 0. The van der Waals surface area contributed by atoms with Crippen LogP contribution in [0, 0.1) is 11.4 Å². The van der Waals surface area contributed by atoms with Crippen LogP contribution in [0.25, 0.3) is 0 Å². The normalized spacial score (nSPS) is 25.3. The van der Waals surface area contributed by atoms with E-state index in [1.54, 1.807) is 32.0 Å². The molecule has 1 aromatic heterocycles. The Hall–Kier alpha value is -3.48. The van der Waals surface area contributed by atoms with E-state index >= 15 is 4.39 Å². The van der Waals surface area contributed by atoms with Crippen LogP contribution in [0.1, 0.15) is 27.0 Å². The van der Waals surface area contributed by atoms with Gasteiger partial charge in [0.15, 0.2) is 17.5 Å². The number of nitrogens with zero attached hydrogens (tertiary/aromatic N) is 4. The molecule has 2 heterocycles. The maximum atomic E-state index is 15.4. The third-order valence-electron chi connectivity index (χ3n) is 5.40. The number of rotatable bonds is 11. The van der Waals surface area contributed by atoms with Crippen molar-refractivity contribution in [3.8, 4) is 5.75 Å². The van der Waals surface area contributed by atoms with Crippen molar-refractivity contribution in [1.29, 1.82) is 5.53 Å². The van der Waals surface area contributed by atoms with Crippen LogP contribution >= 0.6 is 7.60 Å². The molecular weight excluding hydrogens is 526 g/mol. The fourth-order valence-corrected chi connectivity index (χ4v) is 5.49. The van der Waals surface area contributed by atoms with Crippen LogP contribution in [-0.2, 0) is 23.4 Å². The predicted octanol–water partition coefficient (Wildman–Crippen LogP) is 2.18. The summed E-state index contributed by atoms with van der Waals surface area (Å²) in [5.41, 5.74) is 9.19. The van der Waals surface area contributed by atoms with E-state index < -0.39 is 68.3 Å². The average Bonchev–Trinajstić information content (AvgIpc) is 3.09. The fourth-order valence-electron chi connectivity index (χ4n) is 3.61. The van der Waals surface area contributed by atoms with Gasteiger partial charge >= 0.3 is 25.0 Å². The number of carbonyl (C=O) groups is 1. The lowest BCUT2D eigenvalue weighted by Crippen LogP contribution is -2.43. The minimum atomic E-state index is -4.26. The number of anilines is 1. The molecule has 6 atom stereocenters. The molecule has 16 heteroatoms. The Morgan fingerprint density at radius 2 is 2.05 bits per heavy atom. The molecule has 2 aromatic rings. The van der Waals surface area contributed by atoms with Crippen molar-refractivity contribution in [3.05, 3.63) is 53.1 Å². The van der Waals surface area contributed by atoms with Crippen molar-refractivity contribution < 1.29 is 37.4 Å². The number of ether oxygens (including phenoxy) is 2. The van der Waals surface area contributed by atoms with E-state index in [9.17, 15) is 19.3 Å². The molecule has 1 aromatic carbocycles. The van der Waals surface area contributed by atoms with Gasteiger partial charge in [-0.1, -0.05) is 25.1 Å². The van der Waals surface area contributed by atoms with E-state index in [1.165, 1.54) is 25.1 Å². The third kappa shape index (κ3) is 6.69. The smallest absolute Gasteiger partial charge is 0.380 e. The van der Waals surface area contributed by atoms with Gasteiger partial charge in [-0.2, -0.15) is 4.98 Å². The summed E-state index contributed by atoms with van der Waals surface area (Å²) in [6.07, 6.45) is -5.79. The molecule has 1 saturated heterocycles. The zero-order chi connectivity index (χ0) is 28.1. The summed E-state index contributed by atoms with van der Waals surface area (Å²) in [7, 11) is -4.26. The van der Waals surface area contributed by atoms with Crippen molar-refractivity contribution in [2.24, 2.45) is 11.0 Å². The number of carbonyl (C=O) groups excluding carboxylic acids is 1. The number of benzene rings is 1. The molecule has 4 N–H and O–H groups in total. The number of para-hydroxylation sites is 1. The van der Waals surface area contributed by atoms with Gasteiger partial charge in [-0.25, -0.2) is 13.8 Å². The minimum Gasteiger partial charge on any atom is -0.463 e. The molecule has 0 aliphatic carbocycles. The van der Waals surface area contributed by atoms with E-state index in [0.29, 0.717) is 0 Å². The van der Waals surface area contributed by atoms with Crippen molar-refractivity contribution in [2.75, 3.05) is 18.5 Å². The number of hydrogen-bond acceptors (Lipinski definition) is 12. The molecule has 38 heavy (non-hydrogen) atoms. The molecular formula is C22H29FN6O8P+. The van der Waals surface area contributed by atoms with Gasteiger partial charge in [0.1, 0.15) is 29.8 Å².